The molecule has 0 amide bonds. The van der Waals surface area contributed by atoms with E-state index in [1.54, 1.807) is 0 Å². The van der Waals surface area contributed by atoms with Crippen molar-refractivity contribution in [2.24, 2.45) is 0 Å². The van der Waals surface area contributed by atoms with Crippen molar-refractivity contribution in [3.63, 3.8) is 0 Å². The fraction of sp³-hybridized carbons (Fsp3) is 0. The first-order chi connectivity index (χ1) is 4.97. The summed E-state index contributed by atoms with van der Waals surface area (Å²) in [6, 6.07) is 0. The Morgan fingerprint density at radius 2 is 1.40 bits per heavy atom. The standard InChI is InChI=1S/C4H2N4O2/c1-3(9-7-5-1)4-2-6-8-10-4/h1-2H. The number of hydrogen-bond donors (Lipinski definition) is 0. The predicted octanol–water partition coefficient (Wildman–Crippen LogP) is 0.120. The van der Waals surface area contributed by atoms with E-state index in [9.17, 15) is 0 Å². The Kier molecular flexibility index (Phi) is 0.970. The van der Waals surface area contributed by atoms with Gasteiger partial charge >= 0.3 is 0 Å². The van der Waals surface area contributed by atoms with Gasteiger partial charge in [0.1, 0.15) is 12.4 Å². The van der Waals surface area contributed by atoms with Crippen molar-refractivity contribution in [1.82, 2.24) is 20.7 Å². The Bertz CT molecular complexity index is 255. The van der Waals surface area contributed by atoms with Gasteiger partial charge in [-0.25, -0.2) is 0 Å². The van der Waals surface area contributed by atoms with E-state index in [2.05, 4.69) is 29.8 Å². The van der Waals surface area contributed by atoms with Crippen LogP contribution in [0.1, 0.15) is 0 Å². The zero-order valence-corrected chi connectivity index (χ0v) is 4.76. The van der Waals surface area contributed by atoms with Crippen LogP contribution in [0.25, 0.3) is 11.5 Å². The molecule has 10 heavy (non-hydrogen) atoms. The molecule has 0 unspecified atom stereocenters. The number of rotatable bonds is 1. The summed E-state index contributed by atoms with van der Waals surface area (Å²) >= 11 is 0. The molecule has 50 valence electrons. The highest BCUT2D eigenvalue weighted by Gasteiger charge is 2.05. The van der Waals surface area contributed by atoms with Gasteiger partial charge in [-0.3, -0.25) is 0 Å². The van der Waals surface area contributed by atoms with Gasteiger partial charge in [0, 0.05) is 10.5 Å². The molecular formula is C4H2N4O2. The molecular weight excluding hydrogens is 136 g/mol. The summed E-state index contributed by atoms with van der Waals surface area (Å²) in [5.74, 6) is 0.843. The molecule has 2 aromatic heterocycles. The van der Waals surface area contributed by atoms with Crippen LogP contribution in [0.2, 0.25) is 0 Å². The second-order valence-corrected chi connectivity index (χ2v) is 1.56. The van der Waals surface area contributed by atoms with Crippen LogP contribution in [0.4, 0.5) is 0 Å². The number of aromatic nitrogens is 4. The quantitative estimate of drug-likeness (QED) is 0.556. The van der Waals surface area contributed by atoms with E-state index in [4.69, 9.17) is 0 Å². The van der Waals surface area contributed by atoms with Crippen LogP contribution in [-0.4, -0.2) is 20.7 Å². The predicted molar refractivity (Wildman–Crippen MR) is 27.6 cm³/mol. The van der Waals surface area contributed by atoms with Crippen LogP contribution in [0.3, 0.4) is 0 Å². The zero-order chi connectivity index (χ0) is 6.81. The molecule has 0 fully saturated rings. The fourth-order valence-electron chi connectivity index (χ4n) is 0.551. The minimum Gasteiger partial charge on any atom is -0.333 e. The lowest BCUT2D eigenvalue weighted by Gasteiger charge is -1.76. The highest BCUT2D eigenvalue weighted by molar-refractivity contribution is 5.44. The highest BCUT2D eigenvalue weighted by atomic mass is 16.5. The molecule has 6 heteroatoms. The van der Waals surface area contributed by atoms with Gasteiger partial charge in [-0.2, -0.15) is 0 Å². The third-order valence-corrected chi connectivity index (χ3v) is 0.965. The van der Waals surface area contributed by atoms with E-state index in [0.29, 0.717) is 11.5 Å². The Morgan fingerprint density at radius 1 is 0.900 bits per heavy atom. The van der Waals surface area contributed by atoms with E-state index < -0.39 is 0 Å². The van der Waals surface area contributed by atoms with Gasteiger partial charge in [0.05, 0.1) is 0 Å². The van der Waals surface area contributed by atoms with Gasteiger partial charge in [-0.05, 0) is 0 Å². The SMILES string of the molecule is c1nnoc1-c1cnno1. The van der Waals surface area contributed by atoms with Crippen molar-refractivity contribution < 1.29 is 9.05 Å². The Labute approximate surface area is 54.8 Å². The normalized spacial score (nSPS) is 10.0. The van der Waals surface area contributed by atoms with Crippen LogP contribution in [0, 0.1) is 0 Å². The van der Waals surface area contributed by atoms with E-state index >= 15 is 0 Å². The molecule has 2 rings (SSSR count). The van der Waals surface area contributed by atoms with Crippen LogP contribution in [0.15, 0.2) is 21.4 Å². The van der Waals surface area contributed by atoms with Crippen LogP contribution < -0.4 is 0 Å². The van der Waals surface area contributed by atoms with Crippen molar-refractivity contribution in [2.45, 2.75) is 0 Å². The first-order valence-electron chi connectivity index (χ1n) is 2.52. The third-order valence-electron chi connectivity index (χ3n) is 0.965. The molecule has 2 aromatic rings. The Hall–Kier alpha value is -1.72. The van der Waals surface area contributed by atoms with Crippen LogP contribution >= 0.6 is 0 Å². The first kappa shape index (κ1) is 5.10. The Morgan fingerprint density at radius 3 is 1.70 bits per heavy atom. The average molecular weight is 138 g/mol. The fourth-order valence-corrected chi connectivity index (χ4v) is 0.551. The summed E-state index contributed by atoms with van der Waals surface area (Å²) in [5.41, 5.74) is 0. The first-order valence-corrected chi connectivity index (χ1v) is 2.52. The second kappa shape index (κ2) is 1.90. The van der Waals surface area contributed by atoms with E-state index in [1.165, 1.54) is 12.4 Å². The van der Waals surface area contributed by atoms with Crippen molar-refractivity contribution >= 4 is 0 Å². The maximum Gasteiger partial charge on any atom is 0.227 e. The summed E-state index contributed by atoms with van der Waals surface area (Å²) in [6.45, 7) is 0. The summed E-state index contributed by atoms with van der Waals surface area (Å²) in [4.78, 5) is 0. The van der Waals surface area contributed by atoms with Gasteiger partial charge in [0.15, 0.2) is 0 Å². The van der Waals surface area contributed by atoms with E-state index in [1.807, 2.05) is 0 Å². The Balaban J connectivity index is 2.48. The molecule has 6 nitrogen and oxygen atoms in total. The molecule has 0 radical (unpaired) electrons. The molecule has 0 saturated carbocycles. The van der Waals surface area contributed by atoms with Crippen LogP contribution in [-0.2, 0) is 0 Å². The minimum atomic E-state index is 0.421. The van der Waals surface area contributed by atoms with Crippen LogP contribution in [0.5, 0.6) is 0 Å². The van der Waals surface area contributed by atoms with Gasteiger partial charge in [0.25, 0.3) is 0 Å². The van der Waals surface area contributed by atoms with Crippen molar-refractivity contribution in [2.75, 3.05) is 0 Å². The minimum absolute atomic E-state index is 0.421. The smallest absolute Gasteiger partial charge is 0.227 e. The maximum atomic E-state index is 4.64. The molecule has 0 atom stereocenters. The average Bonchev–Trinajstić information content (AvgIpc) is 2.59. The lowest BCUT2D eigenvalue weighted by Crippen LogP contribution is -1.63. The largest absolute Gasteiger partial charge is 0.333 e. The topological polar surface area (TPSA) is 77.8 Å². The molecule has 0 N–H and O–H groups in total. The lowest BCUT2D eigenvalue weighted by molar-refractivity contribution is 0.364. The number of hydrogen-bond acceptors (Lipinski definition) is 6. The van der Waals surface area contributed by atoms with E-state index in [0.717, 1.165) is 0 Å². The molecule has 0 aliphatic heterocycles. The van der Waals surface area contributed by atoms with Crippen molar-refractivity contribution in [3.8, 4) is 11.5 Å². The van der Waals surface area contributed by atoms with Gasteiger partial charge in [-0.1, -0.05) is 0 Å². The molecule has 0 aliphatic rings. The molecule has 0 aliphatic carbocycles. The highest BCUT2D eigenvalue weighted by Crippen LogP contribution is 2.13. The summed E-state index contributed by atoms with van der Waals surface area (Å²) in [5, 5.41) is 13.4. The molecule has 0 spiro atoms. The van der Waals surface area contributed by atoms with Gasteiger partial charge in [0.2, 0.25) is 11.5 Å². The number of nitrogens with zero attached hydrogens (tertiary/aromatic N) is 4. The summed E-state index contributed by atoms with van der Waals surface area (Å²) in [6.07, 6.45) is 2.84. The molecule has 0 saturated heterocycles. The molecule has 0 bridgehead atoms. The second-order valence-electron chi connectivity index (χ2n) is 1.56. The van der Waals surface area contributed by atoms with E-state index in [-0.39, 0.29) is 0 Å². The maximum absolute atomic E-state index is 4.64. The third kappa shape index (κ3) is 0.661. The lowest BCUT2D eigenvalue weighted by atomic mass is 10.4. The van der Waals surface area contributed by atoms with Gasteiger partial charge in [-0.15, -0.1) is 10.2 Å². The molecule has 2 heterocycles. The van der Waals surface area contributed by atoms with Crippen molar-refractivity contribution in [3.05, 3.63) is 12.4 Å². The molecule has 0 aromatic carbocycles. The monoisotopic (exact) mass is 138 g/mol. The van der Waals surface area contributed by atoms with Crippen molar-refractivity contribution in [1.29, 1.82) is 0 Å². The van der Waals surface area contributed by atoms with Gasteiger partial charge < -0.3 is 9.05 Å². The zero-order valence-electron chi connectivity index (χ0n) is 4.76. The summed E-state index contributed by atoms with van der Waals surface area (Å²) in [7, 11) is 0. The summed E-state index contributed by atoms with van der Waals surface area (Å²) < 4.78 is 9.29.